The zero-order valence-corrected chi connectivity index (χ0v) is 9.33. The van der Waals surface area contributed by atoms with Gasteiger partial charge < -0.3 is 0 Å². The summed E-state index contributed by atoms with van der Waals surface area (Å²) >= 11 is 1.46. The van der Waals surface area contributed by atoms with Crippen molar-refractivity contribution in [2.24, 2.45) is 0 Å². The van der Waals surface area contributed by atoms with Crippen molar-refractivity contribution < 1.29 is 4.79 Å². The number of nitrogens with zero attached hydrogens (tertiary/aromatic N) is 1. The Morgan fingerprint density at radius 3 is 2.56 bits per heavy atom. The molecule has 0 unspecified atom stereocenters. The predicted octanol–water partition coefficient (Wildman–Crippen LogP) is 3.05. The summed E-state index contributed by atoms with van der Waals surface area (Å²) in [4.78, 5) is 12.6. The van der Waals surface area contributed by atoms with E-state index in [0.717, 1.165) is 10.4 Å². The summed E-state index contributed by atoms with van der Waals surface area (Å²) in [5.74, 6) is 0.125. The van der Waals surface area contributed by atoms with Crippen molar-refractivity contribution in [3.63, 3.8) is 0 Å². The number of hydrogen-bond acceptors (Lipinski definition) is 3. The lowest BCUT2D eigenvalue weighted by Crippen LogP contribution is -2.00. The van der Waals surface area contributed by atoms with Crippen molar-refractivity contribution in [1.29, 1.82) is 5.26 Å². The number of thiophene rings is 1. The molecule has 2 nitrogen and oxygen atoms in total. The van der Waals surface area contributed by atoms with Gasteiger partial charge in [-0.3, -0.25) is 4.79 Å². The molecule has 1 heterocycles. The zero-order valence-electron chi connectivity index (χ0n) is 8.51. The molecule has 0 amide bonds. The average Bonchev–Trinajstić information content (AvgIpc) is 2.83. The molecule has 2 aromatic rings. The first-order chi connectivity index (χ1) is 7.79. The lowest BCUT2D eigenvalue weighted by molar-refractivity contribution is 0.0997. The largest absolute Gasteiger partial charge is 0.293 e. The fourth-order valence-electron chi connectivity index (χ4n) is 1.41. The molecule has 0 fully saturated rings. The highest BCUT2D eigenvalue weighted by Gasteiger charge is 2.07. The topological polar surface area (TPSA) is 40.9 Å². The van der Waals surface area contributed by atoms with E-state index in [4.69, 9.17) is 5.26 Å². The molecule has 0 aliphatic carbocycles. The lowest BCUT2D eigenvalue weighted by Gasteiger charge is -1.98. The molecule has 78 valence electrons. The predicted molar refractivity (Wildman–Crippen MR) is 63.5 cm³/mol. The molecular weight excluding hydrogens is 218 g/mol. The van der Waals surface area contributed by atoms with Crippen LogP contribution in [0.5, 0.6) is 0 Å². The quantitative estimate of drug-likeness (QED) is 0.756. The molecule has 1 aromatic heterocycles. The number of benzene rings is 1. The van der Waals surface area contributed by atoms with E-state index in [0.29, 0.717) is 12.0 Å². The average molecular weight is 227 g/mol. The molecular formula is C13H9NOS. The van der Waals surface area contributed by atoms with E-state index in [1.807, 2.05) is 29.6 Å². The maximum atomic E-state index is 11.8. The van der Waals surface area contributed by atoms with Gasteiger partial charge in [-0.1, -0.05) is 18.2 Å². The summed E-state index contributed by atoms with van der Waals surface area (Å²) in [6, 6.07) is 12.9. The highest BCUT2D eigenvalue weighted by Crippen LogP contribution is 2.13. The lowest BCUT2D eigenvalue weighted by atomic mass is 10.1. The Morgan fingerprint density at radius 2 is 2.00 bits per heavy atom. The van der Waals surface area contributed by atoms with Gasteiger partial charge in [0.2, 0.25) is 0 Å². The third-order valence-electron chi connectivity index (χ3n) is 2.24. The Labute approximate surface area is 97.8 Å². The first kappa shape index (κ1) is 10.6. The molecule has 0 saturated carbocycles. The number of Topliss-reactive ketones (excluding diaryl/α,β-unsaturated/α-hetero) is 1. The normalized spacial score (nSPS) is 9.69. The third kappa shape index (κ3) is 2.36. The van der Waals surface area contributed by atoms with E-state index < -0.39 is 0 Å². The van der Waals surface area contributed by atoms with Crippen LogP contribution in [0.15, 0.2) is 41.8 Å². The summed E-state index contributed by atoms with van der Waals surface area (Å²) < 4.78 is 0. The molecule has 0 radical (unpaired) electrons. The molecule has 0 aliphatic heterocycles. The van der Waals surface area contributed by atoms with E-state index in [2.05, 4.69) is 6.07 Å². The van der Waals surface area contributed by atoms with Crippen LogP contribution in [0.3, 0.4) is 0 Å². The molecule has 0 N–H and O–H groups in total. The minimum atomic E-state index is 0.125. The van der Waals surface area contributed by atoms with Gasteiger partial charge in [-0.25, -0.2) is 0 Å². The minimum Gasteiger partial charge on any atom is -0.293 e. The van der Waals surface area contributed by atoms with Crippen LogP contribution < -0.4 is 0 Å². The van der Waals surface area contributed by atoms with Gasteiger partial charge in [0.15, 0.2) is 5.78 Å². The van der Waals surface area contributed by atoms with Gasteiger partial charge in [0.25, 0.3) is 0 Å². The second-order valence-electron chi connectivity index (χ2n) is 3.39. The molecule has 0 bridgehead atoms. The standard InChI is InChI=1S/C13H9NOS/c14-9-11-5-3-10(4-6-11)8-12(15)13-2-1-7-16-13/h1-7H,8H2. The summed E-state index contributed by atoms with van der Waals surface area (Å²) in [5, 5.41) is 10.5. The van der Waals surface area contributed by atoms with Crippen molar-refractivity contribution in [3.8, 4) is 6.07 Å². The Balaban J connectivity index is 2.10. The SMILES string of the molecule is N#Cc1ccc(CC(=O)c2cccs2)cc1. The van der Waals surface area contributed by atoms with E-state index in [1.54, 1.807) is 12.1 Å². The smallest absolute Gasteiger partial charge is 0.177 e. The second kappa shape index (κ2) is 4.73. The molecule has 2 rings (SSSR count). The third-order valence-corrected chi connectivity index (χ3v) is 3.15. The number of rotatable bonds is 3. The van der Waals surface area contributed by atoms with E-state index in [9.17, 15) is 4.79 Å². The van der Waals surface area contributed by atoms with E-state index in [1.165, 1.54) is 11.3 Å². The van der Waals surface area contributed by atoms with Gasteiger partial charge in [-0.2, -0.15) is 5.26 Å². The van der Waals surface area contributed by atoms with E-state index >= 15 is 0 Å². The van der Waals surface area contributed by atoms with Crippen molar-refractivity contribution in [1.82, 2.24) is 0 Å². The fourth-order valence-corrected chi connectivity index (χ4v) is 2.07. The first-order valence-corrected chi connectivity index (χ1v) is 5.73. The molecule has 3 heteroatoms. The zero-order chi connectivity index (χ0) is 11.4. The maximum absolute atomic E-state index is 11.8. The van der Waals surface area contributed by atoms with Gasteiger partial charge in [-0.15, -0.1) is 11.3 Å². The van der Waals surface area contributed by atoms with Crippen molar-refractivity contribution in [2.45, 2.75) is 6.42 Å². The van der Waals surface area contributed by atoms with Crippen LogP contribution in [-0.4, -0.2) is 5.78 Å². The van der Waals surface area contributed by atoms with Crippen molar-refractivity contribution >= 4 is 17.1 Å². The Kier molecular flexibility index (Phi) is 3.13. The van der Waals surface area contributed by atoms with Crippen LogP contribution >= 0.6 is 11.3 Å². The van der Waals surface area contributed by atoms with Gasteiger partial charge in [0, 0.05) is 6.42 Å². The van der Waals surface area contributed by atoms with Crippen LogP contribution in [0.25, 0.3) is 0 Å². The summed E-state index contributed by atoms with van der Waals surface area (Å²) in [6.07, 6.45) is 0.395. The van der Waals surface area contributed by atoms with Gasteiger partial charge in [-0.05, 0) is 29.1 Å². The maximum Gasteiger partial charge on any atom is 0.177 e. The van der Waals surface area contributed by atoms with Crippen molar-refractivity contribution in [2.75, 3.05) is 0 Å². The summed E-state index contributed by atoms with van der Waals surface area (Å²) in [6.45, 7) is 0. The highest BCUT2D eigenvalue weighted by atomic mass is 32.1. The number of nitriles is 1. The molecule has 16 heavy (non-hydrogen) atoms. The highest BCUT2D eigenvalue weighted by molar-refractivity contribution is 7.12. The van der Waals surface area contributed by atoms with Crippen LogP contribution in [0, 0.1) is 11.3 Å². The second-order valence-corrected chi connectivity index (χ2v) is 4.33. The number of hydrogen-bond donors (Lipinski definition) is 0. The van der Waals surface area contributed by atoms with Crippen LogP contribution in [-0.2, 0) is 6.42 Å². The van der Waals surface area contributed by atoms with Crippen molar-refractivity contribution in [3.05, 3.63) is 57.8 Å². The van der Waals surface area contributed by atoms with Gasteiger partial charge in [0.1, 0.15) is 0 Å². The molecule has 0 atom stereocenters. The Morgan fingerprint density at radius 1 is 1.25 bits per heavy atom. The van der Waals surface area contributed by atoms with Crippen LogP contribution in [0.1, 0.15) is 20.8 Å². The first-order valence-electron chi connectivity index (χ1n) is 4.85. The van der Waals surface area contributed by atoms with E-state index in [-0.39, 0.29) is 5.78 Å². The summed E-state index contributed by atoms with van der Waals surface area (Å²) in [7, 11) is 0. The number of ketones is 1. The molecule has 1 aromatic carbocycles. The van der Waals surface area contributed by atoms with Gasteiger partial charge in [0.05, 0.1) is 16.5 Å². The summed E-state index contributed by atoms with van der Waals surface area (Å²) in [5.41, 5.74) is 1.56. The molecule has 0 spiro atoms. The Bertz CT molecular complexity index is 520. The van der Waals surface area contributed by atoms with Gasteiger partial charge >= 0.3 is 0 Å². The van der Waals surface area contributed by atoms with Crippen LogP contribution in [0.4, 0.5) is 0 Å². The number of carbonyl (C=O) groups excluding carboxylic acids is 1. The molecule has 0 aliphatic rings. The fraction of sp³-hybridized carbons (Fsp3) is 0.0769. The number of carbonyl (C=O) groups is 1. The molecule has 0 saturated heterocycles. The minimum absolute atomic E-state index is 0.125. The van der Waals surface area contributed by atoms with Crippen LogP contribution in [0.2, 0.25) is 0 Å². The monoisotopic (exact) mass is 227 g/mol. The Hall–Kier alpha value is -1.92.